The van der Waals surface area contributed by atoms with Gasteiger partial charge in [0.15, 0.2) is 4.98 Å². The van der Waals surface area contributed by atoms with Crippen LogP contribution in [0.3, 0.4) is 0 Å². The minimum absolute atomic E-state index is 0.407. The zero-order chi connectivity index (χ0) is 13.0. The summed E-state index contributed by atoms with van der Waals surface area (Å²) >= 11 is 0. The van der Waals surface area contributed by atoms with Gasteiger partial charge in [0.25, 0.3) is 0 Å². The van der Waals surface area contributed by atoms with Gasteiger partial charge in [0.05, 0.1) is 14.2 Å². The molecule has 0 atom stereocenters. The van der Waals surface area contributed by atoms with Crippen LogP contribution in [-0.2, 0) is 0 Å². The standard InChI is InChI=1S/C14H13N2O2/c1-17-12-5-3-4-10(8-12)11-6-7-13(16-15)14(9-11)18-2/h3-9H,1-2H3/q+1. The van der Waals surface area contributed by atoms with Gasteiger partial charge in [-0.1, -0.05) is 12.1 Å². The van der Waals surface area contributed by atoms with Gasteiger partial charge in [-0.3, -0.25) is 0 Å². The van der Waals surface area contributed by atoms with Gasteiger partial charge in [0.2, 0.25) is 11.1 Å². The van der Waals surface area contributed by atoms with E-state index in [1.54, 1.807) is 20.3 Å². The second-order valence-electron chi connectivity index (χ2n) is 3.72. The van der Waals surface area contributed by atoms with E-state index in [1.165, 1.54) is 0 Å². The van der Waals surface area contributed by atoms with Crippen molar-refractivity contribution in [3.63, 3.8) is 0 Å². The predicted molar refractivity (Wildman–Crippen MR) is 69.7 cm³/mol. The molecule has 0 aliphatic rings. The highest BCUT2D eigenvalue weighted by Crippen LogP contribution is 2.33. The van der Waals surface area contributed by atoms with Crippen LogP contribution in [0.5, 0.6) is 11.5 Å². The number of nitrogens with zero attached hydrogens (tertiary/aromatic N) is 2. The maximum atomic E-state index is 8.82. The van der Waals surface area contributed by atoms with E-state index >= 15 is 0 Å². The monoisotopic (exact) mass is 241 g/mol. The van der Waals surface area contributed by atoms with E-state index in [1.807, 2.05) is 36.4 Å². The lowest BCUT2D eigenvalue weighted by Gasteiger charge is -2.05. The van der Waals surface area contributed by atoms with Crippen LogP contribution in [0.15, 0.2) is 42.5 Å². The number of ether oxygens (including phenoxy) is 2. The summed E-state index contributed by atoms with van der Waals surface area (Å²) in [6.45, 7) is 0. The molecule has 0 saturated carbocycles. The van der Waals surface area contributed by atoms with Crippen LogP contribution in [0.25, 0.3) is 16.1 Å². The van der Waals surface area contributed by atoms with Crippen LogP contribution in [0.1, 0.15) is 0 Å². The van der Waals surface area contributed by atoms with E-state index in [9.17, 15) is 0 Å². The van der Waals surface area contributed by atoms with Gasteiger partial charge in [-0.15, -0.1) is 0 Å². The van der Waals surface area contributed by atoms with E-state index in [0.29, 0.717) is 11.4 Å². The molecule has 0 amide bonds. The lowest BCUT2D eigenvalue weighted by Crippen LogP contribution is -1.86. The Hall–Kier alpha value is -2.54. The van der Waals surface area contributed by atoms with E-state index in [2.05, 4.69) is 4.98 Å². The molecular formula is C14H13N2O2+. The van der Waals surface area contributed by atoms with Crippen LogP contribution in [0, 0.1) is 5.39 Å². The van der Waals surface area contributed by atoms with E-state index in [0.717, 1.165) is 16.9 Å². The molecule has 0 aliphatic carbocycles. The molecule has 4 nitrogen and oxygen atoms in total. The second kappa shape index (κ2) is 5.19. The first-order valence-corrected chi connectivity index (χ1v) is 5.46. The predicted octanol–water partition coefficient (Wildman–Crippen LogP) is 3.86. The highest BCUT2D eigenvalue weighted by atomic mass is 16.5. The van der Waals surface area contributed by atoms with Crippen LogP contribution >= 0.6 is 0 Å². The summed E-state index contributed by atoms with van der Waals surface area (Å²) in [5.41, 5.74) is 2.39. The molecule has 0 spiro atoms. The van der Waals surface area contributed by atoms with Crippen molar-refractivity contribution < 1.29 is 9.47 Å². The van der Waals surface area contributed by atoms with Gasteiger partial charge in [0, 0.05) is 6.07 Å². The quantitative estimate of drug-likeness (QED) is 0.766. The molecule has 0 saturated heterocycles. The number of benzene rings is 2. The molecule has 0 N–H and O–H groups in total. The maximum absolute atomic E-state index is 8.82. The molecule has 0 unspecified atom stereocenters. The van der Waals surface area contributed by atoms with Crippen molar-refractivity contribution in [2.45, 2.75) is 0 Å². The number of diazo groups is 1. The highest BCUT2D eigenvalue weighted by molar-refractivity contribution is 5.71. The SMILES string of the molecule is COc1cccc(-c2ccc([N+]#N)c(OC)c2)c1. The zero-order valence-corrected chi connectivity index (χ0v) is 10.3. The Bertz CT molecular complexity index is 603. The Labute approximate surface area is 105 Å². The minimum Gasteiger partial charge on any atom is -0.497 e. The fraction of sp³-hybridized carbons (Fsp3) is 0.143. The van der Waals surface area contributed by atoms with Crippen LogP contribution in [0.2, 0.25) is 0 Å². The first-order valence-electron chi connectivity index (χ1n) is 5.46. The third kappa shape index (κ3) is 2.25. The number of hydrogen-bond acceptors (Lipinski definition) is 3. The smallest absolute Gasteiger partial charge is 0.426 e. The van der Waals surface area contributed by atoms with Crippen molar-refractivity contribution in [2.75, 3.05) is 14.2 Å². The zero-order valence-electron chi connectivity index (χ0n) is 10.3. The van der Waals surface area contributed by atoms with Gasteiger partial charge < -0.3 is 9.47 Å². The summed E-state index contributed by atoms with van der Waals surface area (Å²) in [7, 11) is 3.17. The molecule has 0 aromatic heterocycles. The molecule has 2 aromatic carbocycles. The van der Waals surface area contributed by atoms with Crippen molar-refractivity contribution >= 4 is 5.69 Å². The lowest BCUT2D eigenvalue weighted by molar-refractivity contribution is 0.415. The van der Waals surface area contributed by atoms with E-state index in [4.69, 9.17) is 14.9 Å². The average Bonchev–Trinajstić information content (AvgIpc) is 2.46. The summed E-state index contributed by atoms with van der Waals surface area (Å²) in [6.07, 6.45) is 0. The average molecular weight is 241 g/mol. The van der Waals surface area contributed by atoms with Crippen molar-refractivity contribution in [3.05, 3.63) is 47.4 Å². The van der Waals surface area contributed by atoms with Crippen molar-refractivity contribution in [1.29, 1.82) is 5.39 Å². The van der Waals surface area contributed by atoms with Crippen LogP contribution in [-0.4, -0.2) is 14.2 Å². The molecule has 2 rings (SSSR count). The third-order valence-electron chi connectivity index (χ3n) is 2.69. The molecule has 0 bridgehead atoms. The highest BCUT2D eigenvalue weighted by Gasteiger charge is 2.15. The third-order valence-corrected chi connectivity index (χ3v) is 2.69. The molecule has 18 heavy (non-hydrogen) atoms. The molecule has 4 heteroatoms. The van der Waals surface area contributed by atoms with Crippen LogP contribution in [0.4, 0.5) is 5.69 Å². The summed E-state index contributed by atoms with van der Waals surface area (Å²) in [4.78, 5) is 3.16. The number of hydrogen-bond donors (Lipinski definition) is 0. The molecule has 0 heterocycles. The normalized spacial score (nSPS) is 9.61. The molecule has 2 aromatic rings. The number of rotatable bonds is 3. The topological polar surface area (TPSA) is 46.6 Å². The van der Waals surface area contributed by atoms with Gasteiger partial charge in [-0.25, -0.2) is 0 Å². The largest absolute Gasteiger partial charge is 0.497 e. The van der Waals surface area contributed by atoms with Gasteiger partial charge in [0.1, 0.15) is 5.75 Å². The molecular weight excluding hydrogens is 228 g/mol. The Balaban J connectivity index is 2.48. The molecule has 0 fully saturated rings. The van der Waals surface area contributed by atoms with E-state index < -0.39 is 0 Å². The first kappa shape index (κ1) is 11.9. The summed E-state index contributed by atoms with van der Waals surface area (Å²) < 4.78 is 10.4. The van der Waals surface area contributed by atoms with Gasteiger partial charge in [-0.05, 0) is 35.4 Å². The molecule has 0 aliphatic heterocycles. The Morgan fingerprint density at radius 1 is 0.944 bits per heavy atom. The molecule has 90 valence electrons. The van der Waals surface area contributed by atoms with Crippen molar-refractivity contribution in [3.8, 4) is 22.6 Å². The minimum atomic E-state index is 0.407. The summed E-state index contributed by atoms with van der Waals surface area (Å²) in [5, 5.41) is 8.82. The second-order valence-corrected chi connectivity index (χ2v) is 3.72. The van der Waals surface area contributed by atoms with Crippen LogP contribution < -0.4 is 9.47 Å². The fourth-order valence-electron chi connectivity index (χ4n) is 1.74. The maximum Gasteiger partial charge on any atom is 0.426 e. The fourth-order valence-corrected chi connectivity index (χ4v) is 1.74. The van der Waals surface area contributed by atoms with Gasteiger partial charge >= 0.3 is 5.69 Å². The molecule has 0 radical (unpaired) electrons. The first-order chi connectivity index (χ1) is 8.78. The van der Waals surface area contributed by atoms with Gasteiger partial charge in [-0.2, -0.15) is 0 Å². The van der Waals surface area contributed by atoms with Crippen molar-refractivity contribution in [1.82, 2.24) is 0 Å². The van der Waals surface area contributed by atoms with E-state index in [-0.39, 0.29) is 0 Å². The Morgan fingerprint density at radius 2 is 1.72 bits per heavy atom. The summed E-state index contributed by atoms with van der Waals surface area (Å²) in [6, 6.07) is 13.1. The number of methoxy groups -OCH3 is 2. The van der Waals surface area contributed by atoms with Crippen molar-refractivity contribution in [2.24, 2.45) is 0 Å². The lowest BCUT2D eigenvalue weighted by atomic mass is 10.0. The Morgan fingerprint density at radius 3 is 2.39 bits per heavy atom. The Kier molecular flexibility index (Phi) is 3.44. The summed E-state index contributed by atoms with van der Waals surface area (Å²) in [5.74, 6) is 1.32.